The van der Waals surface area contributed by atoms with Crippen molar-refractivity contribution >= 4 is 60.7 Å². The van der Waals surface area contributed by atoms with E-state index in [1.54, 1.807) is 48.5 Å². The molecule has 0 aliphatic heterocycles. The van der Waals surface area contributed by atoms with Gasteiger partial charge in [0.1, 0.15) is 5.75 Å². The Hall–Kier alpha value is -2.10. The van der Waals surface area contributed by atoms with Crippen molar-refractivity contribution in [3.8, 4) is 5.75 Å². The highest BCUT2D eigenvalue weighted by Gasteiger charge is 2.27. The minimum Gasteiger partial charge on any atom is -0.497 e. The number of nitrogens with one attached hydrogen (secondary N) is 1. The zero-order chi connectivity index (χ0) is 23.3. The predicted octanol–water partition coefficient (Wildman–Crippen LogP) is 5.59. The summed E-state index contributed by atoms with van der Waals surface area (Å²) in [4.78, 5) is 12.8. The minimum atomic E-state index is -4.01. The van der Waals surface area contributed by atoms with Crippen LogP contribution in [0.5, 0.6) is 5.75 Å². The number of rotatable bonds is 8. The highest BCUT2D eigenvalue weighted by Crippen LogP contribution is 2.26. The highest BCUT2D eigenvalue weighted by atomic mass is 79.9. The molecule has 0 heterocycles. The first kappa shape index (κ1) is 24.5. The highest BCUT2D eigenvalue weighted by molar-refractivity contribution is 9.10. The summed E-state index contributed by atoms with van der Waals surface area (Å²) in [5, 5.41) is 3.44. The summed E-state index contributed by atoms with van der Waals surface area (Å²) in [6, 6.07) is 17.7. The van der Waals surface area contributed by atoms with Crippen LogP contribution in [0, 0.1) is 0 Å². The first-order valence-electron chi connectivity index (χ1n) is 9.32. The van der Waals surface area contributed by atoms with Crippen molar-refractivity contribution in [1.29, 1.82) is 0 Å². The van der Waals surface area contributed by atoms with Crippen molar-refractivity contribution in [1.82, 2.24) is 4.31 Å². The number of hydrogen-bond donors (Lipinski definition) is 1. The molecule has 0 spiro atoms. The van der Waals surface area contributed by atoms with E-state index < -0.39 is 22.5 Å². The average Bonchev–Trinajstić information content (AvgIpc) is 2.75. The van der Waals surface area contributed by atoms with Gasteiger partial charge >= 0.3 is 0 Å². The standard InChI is InChI=1S/C22H19BrCl2N2O4S/c1-31-19-4-2-3-18(12-19)26-22(28)14-27(13-15-5-8-17(24)11-21(15)25)32(29,30)20-9-6-16(23)7-10-20/h2-12H,13-14H2,1H3,(H,26,28). The number of sulfonamides is 1. The molecule has 3 aromatic carbocycles. The molecule has 0 aliphatic rings. The summed E-state index contributed by atoms with van der Waals surface area (Å²) < 4.78 is 33.7. The maximum absolute atomic E-state index is 13.4. The molecule has 6 nitrogen and oxygen atoms in total. The van der Waals surface area contributed by atoms with E-state index in [-0.39, 0.29) is 11.4 Å². The molecule has 1 N–H and O–H groups in total. The largest absolute Gasteiger partial charge is 0.497 e. The zero-order valence-electron chi connectivity index (χ0n) is 16.9. The zero-order valence-corrected chi connectivity index (χ0v) is 20.8. The number of halogens is 3. The van der Waals surface area contributed by atoms with E-state index in [1.807, 2.05) is 0 Å². The molecule has 0 aromatic heterocycles. The van der Waals surface area contributed by atoms with Crippen LogP contribution in [0.25, 0.3) is 0 Å². The molecule has 0 saturated carbocycles. The number of anilines is 1. The van der Waals surface area contributed by atoms with Crippen LogP contribution in [-0.4, -0.2) is 32.3 Å². The molecule has 0 bridgehead atoms. The van der Waals surface area contributed by atoms with E-state index in [1.165, 1.54) is 25.3 Å². The van der Waals surface area contributed by atoms with Crippen molar-refractivity contribution in [3.63, 3.8) is 0 Å². The maximum atomic E-state index is 13.4. The van der Waals surface area contributed by atoms with Crippen LogP contribution in [0.15, 0.2) is 76.1 Å². The number of nitrogens with zero attached hydrogens (tertiary/aromatic N) is 1. The number of methoxy groups -OCH3 is 1. The van der Waals surface area contributed by atoms with Crippen LogP contribution in [0.3, 0.4) is 0 Å². The molecule has 1 amide bonds. The van der Waals surface area contributed by atoms with Crippen LogP contribution < -0.4 is 10.1 Å². The van der Waals surface area contributed by atoms with E-state index in [0.717, 1.165) is 8.78 Å². The molecule has 32 heavy (non-hydrogen) atoms. The lowest BCUT2D eigenvalue weighted by Gasteiger charge is -2.22. The van der Waals surface area contributed by atoms with E-state index in [2.05, 4.69) is 21.2 Å². The summed E-state index contributed by atoms with van der Waals surface area (Å²) in [6.07, 6.45) is 0. The summed E-state index contributed by atoms with van der Waals surface area (Å²) in [6.45, 7) is -0.533. The fourth-order valence-corrected chi connectivity index (χ4v) is 4.99. The predicted molar refractivity (Wildman–Crippen MR) is 130 cm³/mol. The SMILES string of the molecule is COc1cccc(NC(=O)CN(Cc2ccc(Cl)cc2Cl)S(=O)(=O)c2ccc(Br)cc2)c1. The van der Waals surface area contributed by atoms with E-state index in [4.69, 9.17) is 27.9 Å². The van der Waals surface area contributed by atoms with Gasteiger partial charge in [0.2, 0.25) is 15.9 Å². The Morgan fingerprint density at radius 1 is 1.06 bits per heavy atom. The summed E-state index contributed by atoms with van der Waals surface area (Å²) >= 11 is 15.5. The van der Waals surface area contributed by atoms with Gasteiger partial charge in [-0.2, -0.15) is 4.31 Å². The van der Waals surface area contributed by atoms with Gasteiger partial charge in [0, 0.05) is 32.8 Å². The molecule has 0 radical (unpaired) electrons. The Morgan fingerprint density at radius 3 is 2.44 bits per heavy atom. The number of benzene rings is 3. The molecule has 0 saturated heterocycles. The third-order valence-corrected chi connectivity index (χ3v) is 7.41. The first-order valence-corrected chi connectivity index (χ1v) is 12.3. The number of ether oxygens (including phenoxy) is 1. The topological polar surface area (TPSA) is 75.7 Å². The molecule has 0 unspecified atom stereocenters. The smallest absolute Gasteiger partial charge is 0.243 e. The van der Waals surface area contributed by atoms with Crippen LogP contribution in [0.4, 0.5) is 5.69 Å². The molecule has 0 fully saturated rings. The minimum absolute atomic E-state index is 0.0555. The van der Waals surface area contributed by atoms with Crippen molar-refractivity contribution < 1.29 is 17.9 Å². The third-order valence-electron chi connectivity index (χ3n) is 4.49. The monoisotopic (exact) mass is 556 g/mol. The lowest BCUT2D eigenvalue weighted by Crippen LogP contribution is -2.37. The van der Waals surface area contributed by atoms with Crippen LogP contribution in [0.1, 0.15) is 5.56 Å². The normalized spacial score (nSPS) is 11.4. The second kappa shape index (κ2) is 10.7. The Balaban J connectivity index is 1.90. The fraction of sp³-hybridized carbons (Fsp3) is 0.136. The number of hydrogen-bond acceptors (Lipinski definition) is 4. The van der Waals surface area contributed by atoms with Crippen molar-refractivity contribution in [2.45, 2.75) is 11.4 Å². The lowest BCUT2D eigenvalue weighted by molar-refractivity contribution is -0.116. The van der Waals surface area contributed by atoms with Gasteiger partial charge < -0.3 is 10.1 Å². The van der Waals surface area contributed by atoms with Gasteiger partial charge in [-0.3, -0.25) is 4.79 Å². The van der Waals surface area contributed by atoms with Gasteiger partial charge in [0.15, 0.2) is 0 Å². The third kappa shape index (κ3) is 6.24. The van der Waals surface area contributed by atoms with Crippen molar-refractivity contribution in [3.05, 3.63) is 86.8 Å². The van der Waals surface area contributed by atoms with Gasteiger partial charge in [0.25, 0.3) is 0 Å². The van der Waals surface area contributed by atoms with Gasteiger partial charge in [0.05, 0.1) is 18.6 Å². The molecule has 3 rings (SSSR count). The van der Waals surface area contributed by atoms with E-state index in [0.29, 0.717) is 27.0 Å². The van der Waals surface area contributed by atoms with Crippen LogP contribution >= 0.6 is 39.1 Å². The second-order valence-corrected chi connectivity index (χ2v) is 10.4. The average molecular weight is 558 g/mol. The van der Waals surface area contributed by atoms with Crippen LogP contribution in [-0.2, 0) is 21.4 Å². The molecule has 168 valence electrons. The van der Waals surface area contributed by atoms with E-state index in [9.17, 15) is 13.2 Å². The number of amides is 1. The number of carbonyl (C=O) groups is 1. The molecule has 0 atom stereocenters. The van der Waals surface area contributed by atoms with E-state index >= 15 is 0 Å². The molecule has 0 aliphatic carbocycles. The second-order valence-electron chi connectivity index (χ2n) is 6.74. The molecular weight excluding hydrogens is 539 g/mol. The number of carbonyl (C=O) groups excluding carboxylic acids is 1. The van der Waals surface area contributed by atoms with Crippen molar-refractivity contribution in [2.24, 2.45) is 0 Å². The Morgan fingerprint density at radius 2 is 1.78 bits per heavy atom. The van der Waals surface area contributed by atoms with Crippen LogP contribution in [0.2, 0.25) is 10.0 Å². The van der Waals surface area contributed by atoms with Gasteiger partial charge in [-0.1, -0.05) is 51.3 Å². The Kier molecular flexibility index (Phi) is 8.19. The molecular formula is C22H19BrCl2N2O4S. The maximum Gasteiger partial charge on any atom is 0.243 e. The lowest BCUT2D eigenvalue weighted by atomic mass is 10.2. The quantitative estimate of drug-likeness (QED) is 0.391. The molecule has 3 aromatic rings. The molecule has 10 heteroatoms. The Bertz CT molecular complexity index is 1220. The van der Waals surface area contributed by atoms with Gasteiger partial charge in [-0.15, -0.1) is 0 Å². The van der Waals surface area contributed by atoms with Crippen molar-refractivity contribution in [2.75, 3.05) is 19.0 Å². The Labute approximate surface area is 205 Å². The summed E-state index contributed by atoms with van der Waals surface area (Å²) in [5.74, 6) is 0.0547. The first-order chi connectivity index (χ1) is 15.2. The fourth-order valence-electron chi connectivity index (χ4n) is 2.88. The summed E-state index contributed by atoms with van der Waals surface area (Å²) in [5.41, 5.74) is 1.01. The summed E-state index contributed by atoms with van der Waals surface area (Å²) in [7, 11) is -2.49. The van der Waals surface area contributed by atoms with Gasteiger partial charge in [-0.05, 0) is 54.1 Å². The van der Waals surface area contributed by atoms with Gasteiger partial charge in [-0.25, -0.2) is 8.42 Å².